The molecule has 2 heterocycles. The van der Waals surface area contributed by atoms with Crippen LogP contribution in [0.5, 0.6) is 0 Å². The van der Waals surface area contributed by atoms with Gasteiger partial charge in [0.1, 0.15) is 5.82 Å². The van der Waals surface area contributed by atoms with Crippen LogP contribution in [0.4, 0.5) is 10.1 Å². The number of halogens is 1. The van der Waals surface area contributed by atoms with Crippen LogP contribution in [0.2, 0.25) is 0 Å². The molecule has 0 spiro atoms. The van der Waals surface area contributed by atoms with Crippen LogP contribution in [0.15, 0.2) is 60.9 Å². The topological polar surface area (TPSA) is 45.2 Å². The van der Waals surface area contributed by atoms with E-state index in [2.05, 4.69) is 15.2 Å². The number of hydrogen-bond donors (Lipinski definition) is 1. The second kappa shape index (κ2) is 7.90. The van der Waals surface area contributed by atoms with Gasteiger partial charge in [-0.15, -0.1) is 0 Å². The Hall–Kier alpha value is -3.05. The van der Waals surface area contributed by atoms with Gasteiger partial charge in [0.15, 0.2) is 0 Å². The number of nitrogens with one attached hydrogen (secondary N) is 1. The van der Waals surface area contributed by atoms with Crippen molar-refractivity contribution in [2.24, 2.45) is 0 Å². The molecule has 0 radical (unpaired) electrons. The second-order valence-electron chi connectivity index (χ2n) is 7.28. The van der Waals surface area contributed by atoms with E-state index in [0.29, 0.717) is 18.7 Å². The lowest BCUT2D eigenvalue weighted by atomic mass is 9.99. The van der Waals surface area contributed by atoms with E-state index in [-0.39, 0.29) is 11.7 Å². The molecule has 0 saturated carbocycles. The SMILES string of the molecule is Cc1ccc(NC(=O)c2cncc(CN3CCc4ccc(F)cc4C3)c2)cc1. The number of aromatic nitrogens is 1. The summed E-state index contributed by atoms with van der Waals surface area (Å²) in [7, 11) is 0. The van der Waals surface area contributed by atoms with Gasteiger partial charge in [0.25, 0.3) is 5.91 Å². The van der Waals surface area contributed by atoms with E-state index in [0.717, 1.165) is 35.3 Å². The van der Waals surface area contributed by atoms with Crippen LogP contribution in [0.3, 0.4) is 0 Å². The van der Waals surface area contributed by atoms with Crippen molar-refractivity contribution in [2.75, 3.05) is 11.9 Å². The molecule has 4 nitrogen and oxygen atoms in total. The Labute approximate surface area is 164 Å². The number of carbonyl (C=O) groups excluding carboxylic acids is 1. The first-order valence-electron chi connectivity index (χ1n) is 9.38. The van der Waals surface area contributed by atoms with Gasteiger partial charge in [-0.05, 0) is 60.4 Å². The van der Waals surface area contributed by atoms with Crippen molar-refractivity contribution in [1.82, 2.24) is 9.88 Å². The molecule has 1 aromatic heterocycles. The quantitative estimate of drug-likeness (QED) is 0.738. The molecule has 0 atom stereocenters. The Morgan fingerprint density at radius 2 is 1.93 bits per heavy atom. The summed E-state index contributed by atoms with van der Waals surface area (Å²) in [4.78, 5) is 19.0. The largest absolute Gasteiger partial charge is 0.322 e. The van der Waals surface area contributed by atoms with E-state index in [4.69, 9.17) is 0 Å². The van der Waals surface area contributed by atoms with E-state index in [9.17, 15) is 9.18 Å². The van der Waals surface area contributed by atoms with Gasteiger partial charge in [0.2, 0.25) is 0 Å². The molecule has 0 bridgehead atoms. The molecule has 1 N–H and O–H groups in total. The molecule has 2 aromatic carbocycles. The lowest BCUT2D eigenvalue weighted by Crippen LogP contribution is -2.30. The summed E-state index contributed by atoms with van der Waals surface area (Å²) in [5, 5.41) is 2.90. The summed E-state index contributed by atoms with van der Waals surface area (Å²) in [6.07, 6.45) is 4.26. The maximum absolute atomic E-state index is 13.5. The lowest BCUT2D eigenvalue weighted by molar-refractivity contribution is 0.102. The fraction of sp³-hybridized carbons (Fsp3) is 0.217. The maximum atomic E-state index is 13.5. The molecule has 1 aliphatic heterocycles. The maximum Gasteiger partial charge on any atom is 0.257 e. The second-order valence-corrected chi connectivity index (χ2v) is 7.28. The van der Waals surface area contributed by atoms with Crippen molar-refractivity contribution in [1.29, 1.82) is 0 Å². The normalized spacial score (nSPS) is 13.8. The summed E-state index contributed by atoms with van der Waals surface area (Å²) >= 11 is 0. The number of pyridine rings is 1. The lowest BCUT2D eigenvalue weighted by Gasteiger charge is -2.28. The molecule has 1 amide bonds. The highest BCUT2D eigenvalue weighted by Crippen LogP contribution is 2.21. The number of rotatable bonds is 4. The average Bonchev–Trinajstić information content (AvgIpc) is 2.69. The number of aryl methyl sites for hydroxylation is 1. The molecule has 0 fully saturated rings. The molecule has 28 heavy (non-hydrogen) atoms. The van der Waals surface area contributed by atoms with Crippen LogP contribution < -0.4 is 5.32 Å². The highest BCUT2D eigenvalue weighted by molar-refractivity contribution is 6.04. The minimum atomic E-state index is -0.197. The molecule has 142 valence electrons. The van der Waals surface area contributed by atoms with Gasteiger partial charge in [-0.2, -0.15) is 0 Å². The monoisotopic (exact) mass is 375 g/mol. The number of nitrogens with zero attached hydrogens (tertiary/aromatic N) is 2. The van der Waals surface area contributed by atoms with Crippen molar-refractivity contribution in [3.05, 3.63) is 94.6 Å². The number of anilines is 1. The van der Waals surface area contributed by atoms with Crippen LogP contribution >= 0.6 is 0 Å². The predicted molar refractivity (Wildman–Crippen MR) is 108 cm³/mol. The van der Waals surface area contributed by atoms with Crippen molar-refractivity contribution < 1.29 is 9.18 Å². The standard InChI is InChI=1S/C23H22FN3O/c1-16-2-6-22(7-3-16)26-23(28)19-10-17(12-25-13-19)14-27-9-8-18-4-5-21(24)11-20(18)15-27/h2-7,10-13H,8-9,14-15H2,1H3,(H,26,28). The number of benzene rings is 2. The fourth-order valence-electron chi connectivity index (χ4n) is 3.52. The zero-order valence-electron chi connectivity index (χ0n) is 15.8. The van der Waals surface area contributed by atoms with Crippen LogP contribution in [0.25, 0.3) is 0 Å². The van der Waals surface area contributed by atoms with Gasteiger partial charge in [-0.3, -0.25) is 14.7 Å². The van der Waals surface area contributed by atoms with E-state index in [1.807, 2.05) is 43.3 Å². The van der Waals surface area contributed by atoms with Crippen LogP contribution in [-0.4, -0.2) is 22.3 Å². The smallest absolute Gasteiger partial charge is 0.257 e. The third-order valence-electron chi connectivity index (χ3n) is 5.03. The Morgan fingerprint density at radius 1 is 1.11 bits per heavy atom. The van der Waals surface area contributed by atoms with Crippen molar-refractivity contribution in [3.8, 4) is 0 Å². The van der Waals surface area contributed by atoms with Crippen LogP contribution in [0, 0.1) is 12.7 Å². The number of carbonyl (C=O) groups is 1. The predicted octanol–water partition coefficient (Wildman–Crippen LogP) is 4.34. The van der Waals surface area contributed by atoms with Gasteiger partial charge in [0.05, 0.1) is 5.56 Å². The third kappa shape index (κ3) is 4.26. The minimum absolute atomic E-state index is 0.177. The fourth-order valence-corrected chi connectivity index (χ4v) is 3.52. The van der Waals surface area contributed by atoms with E-state index in [1.165, 1.54) is 11.6 Å². The highest BCUT2D eigenvalue weighted by Gasteiger charge is 2.17. The molecule has 0 saturated heterocycles. The summed E-state index contributed by atoms with van der Waals surface area (Å²) in [6.45, 7) is 4.28. The first kappa shape index (κ1) is 18.3. The first-order chi connectivity index (χ1) is 13.6. The van der Waals surface area contributed by atoms with E-state index < -0.39 is 0 Å². The summed E-state index contributed by atoms with van der Waals surface area (Å²) in [5.41, 5.74) is 5.65. The third-order valence-corrected chi connectivity index (χ3v) is 5.03. The average molecular weight is 375 g/mol. The van der Waals surface area contributed by atoms with Crippen LogP contribution in [0.1, 0.15) is 32.6 Å². The van der Waals surface area contributed by atoms with Crippen LogP contribution in [-0.2, 0) is 19.5 Å². The Morgan fingerprint density at radius 3 is 2.75 bits per heavy atom. The van der Waals surface area contributed by atoms with E-state index in [1.54, 1.807) is 18.5 Å². The highest BCUT2D eigenvalue weighted by atomic mass is 19.1. The first-order valence-corrected chi connectivity index (χ1v) is 9.38. The Balaban J connectivity index is 1.44. The molecule has 0 unspecified atom stereocenters. The molecule has 1 aliphatic rings. The number of amides is 1. The van der Waals surface area contributed by atoms with Crippen molar-refractivity contribution in [2.45, 2.75) is 26.4 Å². The summed E-state index contributed by atoms with van der Waals surface area (Å²) in [6, 6.07) is 14.6. The zero-order chi connectivity index (χ0) is 19.5. The molecular weight excluding hydrogens is 353 g/mol. The van der Waals surface area contributed by atoms with Gasteiger partial charge in [-0.25, -0.2) is 4.39 Å². The number of fused-ring (bicyclic) bond motifs is 1. The molecule has 0 aliphatic carbocycles. The van der Waals surface area contributed by atoms with Gasteiger partial charge in [-0.1, -0.05) is 23.8 Å². The molecular formula is C23H22FN3O. The van der Waals surface area contributed by atoms with Gasteiger partial charge < -0.3 is 5.32 Å². The molecule has 3 aromatic rings. The summed E-state index contributed by atoms with van der Waals surface area (Å²) < 4.78 is 13.5. The Bertz CT molecular complexity index is 1000. The summed E-state index contributed by atoms with van der Waals surface area (Å²) in [5.74, 6) is -0.374. The van der Waals surface area contributed by atoms with Crippen molar-refractivity contribution in [3.63, 3.8) is 0 Å². The van der Waals surface area contributed by atoms with E-state index >= 15 is 0 Å². The van der Waals surface area contributed by atoms with Gasteiger partial charge in [0, 0.05) is 37.7 Å². The molecule has 5 heteroatoms. The van der Waals surface area contributed by atoms with Gasteiger partial charge >= 0.3 is 0 Å². The molecule has 4 rings (SSSR count). The Kier molecular flexibility index (Phi) is 5.17. The zero-order valence-corrected chi connectivity index (χ0v) is 15.8. The van der Waals surface area contributed by atoms with Crippen molar-refractivity contribution >= 4 is 11.6 Å². The number of hydrogen-bond acceptors (Lipinski definition) is 3. The minimum Gasteiger partial charge on any atom is -0.322 e.